The molecule has 96 valence electrons. The molecule has 0 saturated heterocycles. The summed E-state index contributed by atoms with van der Waals surface area (Å²) in [6.45, 7) is 4.07. The predicted octanol–water partition coefficient (Wildman–Crippen LogP) is 1.85. The summed E-state index contributed by atoms with van der Waals surface area (Å²) in [5.41, 5.74) is 0.231. The van der Waals surface area contributed by atoms with Gasteiger partial charge in [-0.3, -0.25) is 4.98 Å². The fourth-order valence-corrected chi connectivity index (χ4v) is 1.83. The number of rotatable bonds is 5. The lowest BCUT2D eigenvalue weighted by molar-refractivity contribution is -0.00310. The summed E-state index contributed by atoms with van der Waals surface area (Å²) in [5, 5.41) is 10.5. The van der Waals surface area contributed by atoms with Gasteiger partial charge in [-0.05, 0) is 39.6 Å². The molecule has 0 spiro atoms. The van der Waals surface area contributed by atoms with Crippen LogP contribution >= 0.6 is 0 Å². The molecule has 17 heavy (non-hydrogen) atoms. The van der Waals surface area contributed by atoms with E-state index in [9.17, 15) is 5.11 Å². The Bertz CT molecular complexity index is 368. The molecule has 0 fully saturated rings. The Balaban J connectivity index is 3.14. The lowest BCUT2D eigenvalue weighted by Gasteiger charge is -2.39. The van der Waals surface area contributed by atoms with Gasteiger partial charge in [0.05, 0.1) is 7.11 Å². The van der Waals surface area contributed by atoms with E-state index in [0.29, 0.717) is 11.4 Å². The number of aromatic nitrogens is 1. The smallest absolute Gasteiger partial charge is 0.143 e. The second-order valence-electron chi connectivity index (χ2n) is 4.60. The summed E-state index contributed by atoms with van der Waals surface area (Å²) in [5.74, 6) is 0.626. The van der Waals surface area contributed by atoms with Gasteiger partial charge in [-0.15, -0.1) is 0 Å². The standard InChI is InChI=1S/C13H22N2O2/c1-6-13(2,15(3)4)12(16)11-10(17-5)8-7-9-14-11/h7-9,12,16H,6H2,1-5H3. The number of aliphatic hydroxyl groups is 1. The molecule has 4 heteroatoms. The first-order chi connectivity index (χ1) is 7.97. The Kier molecular flexibility index (Phi) is 4.48. The van der Waals surface area contributed by atoms with Gasteiger partial charge in [0.25, 0.3) is 0 Å². The van der Waals surface area contributed by atoms with Crippen molar-refractivity contribution in [3.05, 3.63) is 24.0 Å². The van der Waals surface area contributed by atoms with Crippen LogP contribution in [0.4, 0.5) is 0 Å². The number of aliphatic hydroxyl groups excluding tert-OH is 1. The second kappa shape index (κ2) is 5.47. The Morgan fingerprint density at radius 1 is 1.53 bits per heavy atom. The van der Waals surface area contributed by atoms with Crippen molar-refractivity contribution in [3.8, 4) is 5.75 Å². The molecule has 1 rings (SSSR count). The van der Waals surface area contributed by atoms with E-state index in [1.165, 1.54) is 0 Å². The molecule has 0 amide bonds. The van der Waals surface area contributed by atoms with Crippen molar-refractivity contribution in [1.29, 1.82) is 0 Å². The molecular weight excluding hydrogens is 216 g/mol. The molecule has 0 aromatic carbocycles. The molecule has 0 radical (unpaired) electrons. The number of nitrogens with zero attached hydrogens (tertiary/aromatic N) is 2. The summed E-state index contributed by atoms with van der Waals surface area (Å²) in [7, 11) is 5.51. The van der Waals surface area contributed by atoms with Crippen LogP contribution in [0.5, 0.6) is 5.75 Å². The van der Waals surface area contributed by atoms with Crippen molar-refractivity contribution >= 4 is 0 Å². The van der Waals surface area contributed by atoms with Gasteiger partial charge < -0.3 is 14.7 Å². The molecule has 1 aromatic heterocycles. The third-order valence-electron chi connectivity index (χ3n) is 3.61. The molecule has 1 heterocycles. The Morgan fingerprint density at radius 3 is 2.65 bits per heavy atom. The van der Waals surface area contributed by atoms with Gasteiger partial charge in [0.2, 0.25) is 0 Å². The van der Waals surface area contributed by atoms with Gasteiger partial charge in [0, 0.05) is 11.7 Å². The number of methoxy groups -OCH3 is 1. The molecule has 0 saturated carbocycles. The number of hydrogen-bond acceptors (Lipinski definition) is 4. The molecule has 0 bridgehead atoms. The minimum atomic E-state index is -0.682. The molecule has 0 aliphatic rings. The molecule has 0 aliphatic carbocycles. The van der Waals surface area contributed by atoms with E-state index in [1.54, 1.807) is 19.4 Å². The Morgan fingerprint density at radius 2 is 2.18 bits per heavy atom. The molecule has 2 unspecified atom stereocenters. The zero-order valence-electron chi connectivity index (χ0n) is 11.3. The van der Waals surface area contributed by atoms with Crippen molar-refractivity contribution in [3.63, 3.8) is 0 Å². The highest BCUT2D eigenvalue weighted by atomic mass is 16.5. The van der Waals surface area contributed by atoms with Crippen molar-refractivity contribution in [2.45, 2.75) is 31.9 Å². The first kappa shape index (κ1) is 13.9. The summed E-state index contributed by atoms with van der Waals surface area (Å²) in [6, 6.07) is 3.62. The summed E-state index contributed by atoms with van der Waals surface area (Å²) in [4.78, 5) is 6.26. The molecule has 0 aliphatic heterocycles. The van der Waals surface area contributed by atoms with E-state index in [1.807, 2.05) is 32.0 Å². The van der Waals surface area contributed by atoms with Crippen molar-refractivity contribution in [2.24, 2.45) is 0 Å². The number of pyridine rings is 1. The van der Waals surface area contributed by atoms with E-state index >= 15 is 0 Å². The Hall–Kier alpha value is -1.13. The quantitative estimate of drug-likeness (QED) is 0.850. The maximum atomic E-state index is 10.5. The maximum Gasteiger partial charge on any atom is 0.143 e. The van der Waals surface area contributed by atoms with Gasteiger partial charge in [0.15, 0.2) is 0 Å². The minimum absolute atomic E-state index is 0.359. The largest absolute Gasteiger partial charge is 0.495 e. The number of likely N-dealkylation sites (N-methyl/N-ethyl adjacent to an activating group) is 1. The molecule has 1 aromatic rings. The SMILES string of the molecule is CCC(C)(C(O)c1ncccc1OC)N(C)C. The van der Waals surface area contributed by atoms with Gasteiger partial charge in [0.1, 0.15) is 17.5 Å². The van der Waals surface area contributed by atoms with Crippen LogP contribution in [-0.2, 0) is 0 Å². The van der Waals surface area contributed by atoms with Crippen LogP contribution in [0.1, 0.15) is 32.1 Å². The fourth-order valence-electron chi connectivity index (χ4n) is 1.83. The van der Waals surface area contributed by atoms with Crippen LogP contribution in [0, 0.1) is 0 Å². The molecule has 2 atom stereocenters. The third-order valence-corrected chi connectivity index (χ3v) is 3.61. The zero-order chi connectivity index (χ0) is 13.1. The maximum absolute atomic E-state index is 10.5. The predicted molar refractivity (Wildman–Crippen MR) is 68.1 cm³/mol. The third kappa shape index (κ3) is 2.58. The van der Waals surface area contributed by atoms with Crippen LogP contribution < -0.4 is 4.74 Å². The van der Waals surface area contributed by atoms with Crippen LogP contribution in [0.15, 0.2) is 18.3 Å². The first-order valence-corrected chi connectivity index (χ1v) is 5.81. The van der Waals surface area contributed by atoms with Gasteiger partial charge in [-0.2, -0.15) is 0 Å². The van der Waals surface area contributed by atoms with Crippen molar-refractivity contribution < 1.29 is 9.84 Å². The average Bonchev–Trinajstić information content (AvgIpc) is 2.36. The topological polar surface area (TPSA) is 45.6 Å². The average molecular weight is 238 g/mol. The molecule has 4 nitrogen and oxygen atoms in total. The monoisotopic (exact) mass is 238 g/mol. The second-order valence-corrected chi connectivity index (χ2v) is 4.60. The highest BCUT2D eigenvalue weighted by Crippen LogP contribution is 2.35. The van der Waals surface area contributed by atoms with Gasteiger partial charge >= 0.3 is 0 Å². The summed E-state index contributed by atoms with van der Waals surface area (Å²) in [6.07, 6.45) is 1.81. The minimum Gasteiger partial charge on any atom is -0.495 e. The summed E-state index contributed by atoms with van der Waals surface area (Å²) < 4.78 is 5.24. The van der Waals surface area contributed by atoms with Crippen molar-refractivity contribution in [1.82, 2.24) is 9.88 Å². The lowest BCUT2D eigenvalue weighted by Crippen LogP contribution is -2.46. The van der Waals surface area contributed by atoms with Crippen LogP contribution in [0.2, 0.25) is 0 Å². The van der Waals surface area contributed by atoms with E-state index < -0.39 is 6.10 Å². The van der Waals surface area contributed by atoms with Crippen molar-refractivity contribution in [2.75, 3.05) is 21.2 Å². The highest BCUT2D eigenvalue weighted by Gasteiger charge is 2.36. The Labute approximate surface area is 103 Å². The van der Waals surface area contributed by atoms with Gasteiger partial charge in [-0.1, -0.05) is 6.92 Å². The lowest BCUT2D eigenvalue weighted by atomic mass is 9.87. The van der Waals surface area contributed by atoms with Gasteiger partial charge in [-0.25, -0.2) is 0 Å². The zero-order valence-corrected chi connectivity index (χ0v) is 11.3. The molecular formula is C13H22N2O2. The summed E-state index contributed by atoms with van der Waals surface area (Å²) >= 11 is 0. The van der Waals surface area contributed by atoms with E-state index in [4.69, 9.17) is 4.74 Å². The van der Waals surface area contributed by atoms with Crippen LogP contribution in [0.3, 0.4) is 0 Å². The normalized spacial score (nSPS) is 16.6. The number of ether oxygens (including phenoxy) is 1. The molecule has 1 N–H and O–H groups in total. The fraction of sp³-hybridized carbons (Fsp3) is 0.615. The van der Waals surface area contributed by atoms with Crippen LogP contribution in [-0.4, -0.2) is 41.7 Å². The van der Waals surface area contributed by atoms with E-state index in [0.717, 1.165) is 6.42 Å². The van der Waals surface area contributed by atoms with Crippen LogP contribution in [0.25, 0.3) is 0 Å². The highest BCUT2D eigenvalue weighted by molar-refractivity contribution is 5.30. The number of hydrogen-bond donors (Lipinski definition) is 1. The first-order valence-electron chi connectivity index (χ1n) is 5.81. The van der Waals surface area contributed by atoms with E-state index in [-0.39, 0.29) is 5.54 Å². The van der Waals surface area contributed by atoms with E-state index in [2.05, 4.69) is 11.9 Å².